The molecule has 32 heavy (non-hydrogen) atoms. The van der Waals surface area contributed by atoms with Crippen molar-refractivity contribution in [3.8, 4) is 28.2 Å². The first kappa shape index (κ1) is 19.9. The van der Waals surface area contributed by atoms with E-state index in [-0.39, 0.29) is 22.4 Å². The van der Waals surface area contributed by atoms with Crippen LogP contribution in [0.15, 0.2) is 91.0 Å². The van der Waals surface area contributed by atoms with Gasteiger partial charge < -0.3 is 0 Å². The summed E-state index contributed by atoms with van der Waals surface area (Å²) in [5.74, 6) is -0.480. The molecule has 2 aromatic heterocycles. The van der Waals surface area contributed by atoms with Gasteiger partial charge in [0.1, 0.15) is 11.5 Å². The number of alkyl halides is 3. The fraction of sp³-hybridized carbons (Fsp3) is 0.0400. The Hall–Kier alpha value is -4.00. The maximum absolute atomic E-state index is 14.3. The SMILES string of the molecule is Fc1ccc(-c2cc(C(F)(F)F)c3c(-c4ccccc4)nn(-c4ccccc4)c3n2)cc1. The predicted molar refractivity (Wildman–Crippen MR) is 115 cm³/mol. The van der Waals surface area contributed by atoms with Gasteiger partial charge in [0.25, 0.3) is 0 Å². The third-order valence-corrected chi connectivity index (χ3v) is 5.13. The first-order valence-corrected chi connectivity index (χ1v) is 9.79. The highest BCUT2D eigenvalue weighted by molar-refractivity contribution is 5.96. The van der Waals surface area contributed by atoms with E-state index in [1.54, 1.807) is 54.6 Å². The lowest BCUT2D eigenvalue weighted by Crippen LogP contribution is -2.08. The Morgan fingerprint density at radius 1 is 0.719 bits per heavy atom. The van der Waals surface area contributed by atoms with Crippen LogP contribution in [0.25, 0.3) is 39.2 Å². The first-order valence-electron chi connectivity index (χ1n) is 9.79. The average Bonchev–Trinajstić information content (AvgIpc) is 3.19. The molecule has 3 aromatic carbocycles. The minimum absolute atomic E-state index is 0.0733. The molecule has 7 heteroatoms. The Labute approximate surface area is 180 Å². The van der Waals surface area contributed by atoms with E-state index in [1.807, 2.05) is 6.07 Å². The van der Waals surface area contributed by atoms with Gasteiger partial charge in [-0.15, -0.1) is 0 Å². The maximum Gasteiger partial charge on any atom is 0.417 e. The summed E-state index contributed by atoms with van der Waals surface area (Å²) < 4.78 is 57.6. The van der Waals surface area contributed by atoms with Crippen molar-refractivity contribution in [1.82, 2.24) is 14.8 Å². The molecule has 5 rings (SSSR count). The monoisotopic (exact) mass is 433 g/mol. The van der Waals surface area contributed by atoms with Crippen molar-refractivity contribution >= 4 is 11.0 Å². The van der Waals surface area contributed by atoms with Gasteiger partial charge in [-0.05, 0) is 42.5 Å². The smallest absolute Gasteiger partial charge is 0.228 e. The van der Waals surface area contributed by atoms with Crippen molar-refractivity contribution in [1.29, 1.82) is 0 Å². The summed E-state index contributed by atoms with van der Waals surface area (Å²) in [7, 11) is 0. The minimum atomic E-state index is -4.65. The second-order valence-corrected chi connectivity index (χ2v) is 7.22. The molecule has 0 bridgehead atoms. The van der Waals surface area contributed by atoms with Crippen LogP contribution < -0.4 is 0 Å². The highest BCUT2D eigenvalue weighted by atomic mass is 19.4. The lowest BCUT2D eigenvalue weighted by atomic mass is 10.0. The van der Waals surface area contributed by atoms with Crippen LogP contribution in [-0.2, 0) is 6.18 Å². The van der Waals surface area contributed by atoms with Crippen molar-refractivity contribution in [2.45, 2.75) is 6.18 Å². The highest BCUT2D eigenvalue weighted by Crippen LogP contribution is 2.41. The normalized spacial score (nSPS) is 11.8. The van der Waals surface area contributed by atoms with E-state index in [9.17, 15) is 17.6 Å². The molecule has 0 aliphatic heterocycles. The maximum atomic E-state index is 14.3. The standard InChI is InChI=1S/C25H15F4N3/c26-18-13-11-16(12-14-18)21-15-20(25(27,28)29)22-23(17-7-3-1-4-8-17)31-32(24(22)30-21)19-9-5-2-6-10-19/h1-15H. The highest BCUT2D eigenvalue weighted by Gasteiger charge is 2.36. The Bertz CT molecular complexity index is 1390. The molecule has 0 spiro atoms. The zero-order chi connectivity index (χ0) is 22.3. The Kier molecular flexibility index (Phi) is 4.74. The number of para-hydroxylation sites is 1. The van der Waals surface area contributed by atoms with E-state index in [0.29, 0.717) is 16.8 Å². The zero-order valence-corrected chi connectivity index (χ0v) is 16.5. The summed E-state index contributed by atoms with van der Waals surface area (Å²) in [5, 5.41) is 4.46. The van der Waals surface area contributed by atoms with Gasteiger partial charge in [0.05, 0.1) is 22.3 Å². The summed E-state index contributed by atoms with van der Waals surface area (Å²) in [5.41, 5.74) is 1.01. The molecule has 0 N–H and O–H groups in total. The number of rotatable bonds is 3. The van der Waals surface area contributed by atoms with E-state index >= 15 is 0 Å². The molecule has 3 nitrogen and oxygen atoms in total. The van der Waals surface area contributed by atoms with Crippen molar-refractivity contribution < 1.29 is 17.6 Å². The first-order chi connectivity index (χ1) is 15.4. The number of fused-ring (bicyclic) bond motifs is 1. The molecule has 5 aromatic rings. The van der Waals surface area contributed by atoms with Crippen LogP contribution in [0.1, 0.15) is 5.56 Å². The molecule has 0 radical (unpaired) electrons. The molecular weight excluding hydrogens is 418 g/mol. The molecule has 0 atom stereocenters. The van der Waals surface area contributed by atoms with Crippen molar-refractivity contribution in [2.75, 3.05) is 0 Å². The predicted octanol–water partition coefficient (Wildman–Crippen LogP) is 6.91. The van der Waals surface area contributed by atoms with Crippen molar-refractivity contribution in [2.24, 2.45) is 0 Å². The van der Waals surface area contributed by atoms with E-state index in [0.717, 1.165) is 6.07 Å². The Balaban J connectivity index is 1.89. The topological polar surface area (TPSA) is 30.7 Å². The summed E-state index contributed by atoms with van der Waals surface area (Å²) in [6.07, 6.45) is -4.65. The lowest BCUT2D eigenvalue weighted by molar-refractivity contribution is -0.136. The molecular formula is C25H15F4N3. The summed E-state index contributed by atoms with van der Waals surface area (Å²) in [6.45, 7) is 0. The second kappa shape index (κ2) is 7.60. The van der Waals surface area contributed by atoms with Crippen molar-refractivity contribution in [3.63, 3.8) is 0 Å². The van der Waals surface area contributed by atoms with Gasteiger partial charge in [-0.1, -0.05) is 48.5 Å². The number of aromatic nitrogens is 3. The van der Waals surface area contributed by atoms with Gasteiger partial charge in [0.2, 0.25) is 0 Å². The molecule has 0 aliphatic rings. The van der Waals surface area contributed by atoms with E-state index in [1.165, 1.54) is 28.9 Å². The Morgan fingerprint density at radius 3 is 1.97 bits per heavy atom. The third kappa shape index (κ3) is 3.51. The number of benzene rings is 3. The molecule has 0 saturated heterocycles. The number of nitrogens with zero attached hydrogens (tertiary/aromatic N) is 3. The quantitative estimate of drug-likeness (QED) is 0.289. The summed E-state index contributed by atoms with van der Waals surface area (Å²) in [6, 6.07) is 23.8. The molecule has 0 saturated carbocycles. The van der Waals surface area contributed by atoms with Crippen LogP contribution in [0.5, 0.6) is 0 Å². The molecule has 0 fully saturated rings. The van der Waals surface area contributed by atoms with E-state index in [2.05, 4.69) is 10.1 Å². The number of hydrogen-bond donors (Lipinski definition) is 0. The van der Waals surface area contributed by atoms with Crippen LogP contribution >= 0.6 is 0 Å². The zero-order valence-electron chi connectivity index (χ0n) is 16.5. The van der Waals surface area contributed by atoms with Gasteiger partial charge in [-0.25, -0.2) is 14.1 Å². The second-order valence-electron chi connectivity index (χ2n) is 7.22. The lowest BCUT2D eigenvalue weighted by Gasteiger charge is -2.12. The van der Waals surface area contributed by atoms with E-state index in [4.69, 9.17) is 0 Å². The summed E-state index contributed by atoms with van der Waals surface area (Å²) >= 11 is 0. The fourth-order valence-electron chi connectivity index (χ4n) is 3.66. The number of pyridine rings is 1. The van der Waals surface area contributed by atoms with Gasteiger partial charge in [0, 0.05) is 11.1 Å². The van der Waals surface area contributed by atoms with Gasteiger partial charge in [-0.2, -0.15) is 18.3 Å². The largest absolute Gasteiger partial charge is 0.417 e. The third-order valence-electron chi connectivity index (χ3n) is 5.13. The van der Waals surface area contributed by atoms with Crippen LogP contribution in [0, 0.1) is 5.82 Å². The van der Waals surface area contributed by atoms with Crippen LogP contribution in [0.3, 0.4) is 0 Å². The Morgan fingerprint density at radius 2 is 1.34 bits per heavy atom. The molecule has 0 unspecified atom stereocenters. The average molecular weight is 433 g/mol. The molecule has 158 valence electrons. The molecule has 2 heterocycles. The molecule has 0 amide bonds. The summed E-state index contributed by atoms with van der Waals surface area (Å²) in [4.78, 5) is 4.55. The van der Waals surface area contributed by atoms with Crippen LogP contribution in [0.4, 0.5) is 17.6 Å². The van der Waals surface area contributed by atoms with Gasteiger partial charge >= 0.3 is 6.18 Å². The van der Waals surface area contributed by atoms with Crippen LogP contribution in [0.2, 0.25) is 0 Å². The number of halogens is 4. The van der Waals surface area contributed by atoms with Crippen LogP contribution in [-0.4, -0.2) is 14.8 Å². The van der Waals surface area contributed by atoms with Gasteiger partial charge in [0.15, 0.2) is 5.65 Å². The van der Waals surface area contributed by atoms with Crippen molar-refractivity contribution in [3.05, 3.63) is 102 Å². The van der Waals surface area contributed by atoms with E-state index < -0.39 is 17.6 Å². The van der Waals surface area contributed by atoms with Gasteiger partial charge in [-0.3, -0.25) is 0 Å². The number of hydrogen-bond acceptors (Lipinski definition) is 2. The fourth-order valence-corrected chi connectivity index (χ4v) is 3.66. The minimum Gasteiger partial charge on any atom is -0.228 e. The molecule has 0 aliphatic carbocycles.